The first-order chi connectivity index (χ1) is 13.0. The van der Waals surface area contributed by atoms with Crippen molar-refractivity contribution in [3.63, 3.8) is 0 Å². The highest BCUT2D eigenvalue weighted by Gasteiger charge is 2.02. The number of nitro groups is 1. The lowest BCUT2D eigenvalue weighted by Gasteiger charge is -2.03. The molecule has 0 fully saturated rings. The average Bonchev–Trinajstić information content (AvgIpc) is 2.67. The maximum Gasteiger partial charge on any atom is 0.270 e. The highest BCUT2D eigenvalue weighted by atomic mass is 16.6. The minimum Gasteiger partial charge on any atom is -0.262 e. The third kappa shape index (κ3) is 6.86. The van der Waals surface area contributed by atoms with Crippen molar-refractivity contribution in [2.45, 2.75) is 26.7 Å². The maximum absolute atomic E-state index is 10.2. The summed E-state index contributed by atoms with van der Waals surface area (Å²) in [7, 11) is 0. The number of pyridine rings is 1. The molecule has 0 spiro atoms. The van der Waals surface area contributed by atoms with Crippen molar-refractivity contribution in [3.8, 4) is 0 Å². The first-order valence-electron chi connectivity index (χ1n) is 8.82. The highest BCUT2D eigenvalue weighted by Crippen LogP contribution is 2.13. The van der Waals surface area contributed by atoms with Crippen LogP contribution in [0.2, 0.25) is 0 Å². The van der Waals surface area contributed by atoms with Gasteiger partial charge in [-0.25, -0.2) is 0 Å². The molecule has 4 heteroatoms. The quantitative estimate of drug-likeness (QED) is 0.432. The van der Waals surface area contributed by atoms with Crippen molar-refractivity contribution in [2.75, 3.05) is 0 Å². The molecule has 138 valence electrons. The van der Waals surface area contributed by atoms with E-state index in [2.05, 4.69) is 54.9 Å². The molecule has 0 amide bonds. The van der Waals surface area contributed by atoms with Crippen LogP contribution in [-0.4, -0.2) is 9.91 Å². The van der Waals surface area contributed by atoms with Gasteiger partial charge < -0.3 is 0 Å². The number of nitrogens with zero attached hydrogens (tertiary/aromatic N) is 2. The average molecular weight is 360 g/mol. The third-order valence-corrected chi connectivity index (χ3v) is 4.06. The van der Waals surface area contributed by atoms with E-state index in [4.69, 9.17) is 0 Å². The topological polar surface area (TPSA) is 56.0 Å². The van der Waals surface area contributed by atoms with E-state index in [9.17, 15) is 10.1 Å². The van der Waals surface area contributed by atoms with Gasteiger partial charge in [-0.15, -0.1) is 0 Å². The zero-order chi connectivity index (χ0) is 19.6. The number of hydrogen-bond donors (Lipinski definition) is 0. The van der Waals surface area contributed by atoms with Crippen LogP contribution in [0.1, 0.15) is 27.9 Å². The van der Waals surface area contributed by atoms with Crippen molar-refractivity contribution in [1.29, 1.82) is 0 Å². The molecule has 0 saturated carbocycles. The van der Waals surface area contributed by atoms with Crippen LogP contribution >= 0.6 is 0 Å². The van der Waals surface area contributed by atoms with E-state index in [0.717, 1.165) is 24.1 Å². The predicted octanol–water partition coefficient (Wildman–Crippen LogP) is 5.72. The number of hydrogen-bond acceptors (Lipinski definition) is 3. The van der Waals surface area contributed by atoms with Gasteiger partial charge in [0.05, 0.1) is 4.92 Å². The summed E-state index contributed by atoms with van der Waals surface area (Å²) in [4.78, 5) is 14.0. The minimum absolute atomic E-state index is 0.0994. The summed E-state index contributed by atoms with van der Waals surface area (Å²) < 4.78 is 0. The van der Waals surface area contributed by atoms with Gasteiger partial charge in [-0.1, -0.05) is 54.6 Å². The number of nitro benzene ring substituents is 1. The molecule has 0 aliphatic rings. The van der Waals surface area contributed by atoms with Crippen molar-refractivity contribution in [1.82, 2.24) is 4.98 Å². The van der Waals surface area contributed by atoms with E-state index in [1.54, 1.807) is 18.2 Å². The van der Waals surface area contributed by atoms with Gasteiger partial charge in [0.1, 0.15) is 0 Å². The predicted molar refractivity (Wildman–Crippen MR) is 111 cm³/mol. The van der Waals surface area contributed by atoms with Crippen LogP contribution in [0.4, 0.5) is 5.69 Å². The monoisotopic (exact) mass is 360 g/mol. The summed E-state index contributed by atoms with van der Waals surface area (Å²) in [6.07, 6.45) is 5.66. The Morgan fingerprint density at radius 3 is 2.33 bits per heavy atom. The lowest BCUT2D eigenvalue weighted by molar-refractivity contribution is -0.384. The number of benzene rings is 2. The third-order valence-electron chi connectivity index (χ3n) is 4.06. The molecular formula is C23H24N2O2. The molecule has 0 radical (unpaired) electrons. The largest absolute Gasteiger partial charge is 0.270 e. The number of rotatable bonds is 5. The molecule has 0 aliphatic carbocycles. The van der Waals surface area contributed by atoms with Crippen molar-refractivity contribution < 1.29 is 4.92 Å². The van der Waals surface area contributed by atoms with Gasteiger partial charge in [0.15, 0.2) is 0 Å². The van der Waals surface area contributed by atoms with E-state index in [1.807, 2.05) is 13.1 Å². The lowest BCUT2D eigenvalue weighted by Crippen LogP contribution is -1.93. The number of non-ortho nitro benzene ring substituents is 1. The van der Waals surface area contributed by atoms with Gasteiger partial charge >= 0.3 is 0 Å². The van der Waals surface area contributed by atoms with Gasteiger partial charge in [-0.05, 0) is 55.5 Å². The Hall–Kier alpha value is -3.27. The number of aromatic nitrogens is 1. The molecule has 0 atom stereocenters. The van der Waals surface area contributed by atoms with Crippen LogP contribution in [0.25, 0.3) is 6.08 Å². The van der Waals surface area contributed by atoms with Crippen molar-refractivity contribution in [2.24, 2.45) is 0 Å². The van der Waals surface area contributed by atoms with Gasteiger partial charge in [-0.2, -0.15) is 0 Å². The first kappa shape index (κ1) is 20.0. The minimum atomic E-state index is -0.424. The van der Waals surface area contributed by atoms with Gasteiger partial charge in [0.25, 0.3) is 5.69 Å². The first-order valence-corrected chi connectivity index (χ1v) is 8.82. The summed E-state index contributed by atoms with van der Waals surface area (Å²) in [5, 5.41) is 10.2. The van der Waals surface area contributed by atoms with Crippen LogP contribution in [0, 0.1) is 24.0 Å². The molecular weight excluding hydrogens is 336 g/mol. The van der Waals surface area contributed by atoms with E-state index >= 15 is 0 Å². The second-order valence-corrected chi connectivity index (χ2v) is 6.35. The molecule has 3 rings (SSSR count). The summed E-state index contributed by atoms with van der Waals surface area (Å²) in [5.74, 6) is 0. The van der Waals surface area contributed by atoms with E-state index in [-0.39, 0.29) is 5.69 Å². The van der Waals surface area contributed by atoms with Crippen LogP contribution in [0.15, 0.2) is 73.4 Å². The number of aryl methyl sites for hydroxylation is 4. The van der Waals surface area contributed by atoms with Crippen molar-refractivity contribution in [3.05, 3.63) is 112 Å². The molecule has 0 aliphatic heterocycles. The fraction of sp³-hybridized carbons (Fsp3) is 0.174. The summed E-state index contributed by atoms with van der Waals surface area (Å²) >= 11 is 0. The van der Waals surface area contributed by atoms with Crippen molar-refractivity contribution >= 4 is 11.8 Å². The highest BCUT2D eigenvalue weighted by molar-refractivity contribution is 5.51. The molecule has 0 saturated heterocycles. The van der Waals surface area contributed by atoms with E-state index < -0.39 is 4.92 Å². The Kier molecular flexibility index (Phi) is 7.44. The lowest BCUT2D eigenvalue weighted by atomic mass is 10.0. The summed E-state index contributed by atoms with van der Waals surface area (Å²) in [5.41, 5.74) is 6.08. The molecule has 0 unspecified atom stereocenters. The molecule has 3 aromatic rings. The SMILES string of the molecule is C=Cc1cccc([N+](=O)[O-])c1.Cc1cccc(CCc2ccnc(C)c2)c1. The Balaban J connectivity index is 0.000000208. The Bertz CT molecular complexity index is 874. The van der Waals surface area contributed by atoms with Gasteiger partial charge in [-0.3, -0.25) is 15.1 Å². The Morgan fingerprint density at radius 1 is 1.00 bits per heavy atom. The second kappa shape index (κ2) is 10.0. The molecule has 27 heavy (non-hydrogen) atoms. The molecule has 0 N–H and O–H groups in total. The smallest absolute Gasteiger partial charge is 0.262 e. The molecule has 1 heterocycles. The fourth-order valence-corrected chi connectivity index (χ4v) is 2.68. The maximum atomic E-state index is 10.2. The zero-order valence-electron chi connectivity index (χ0n) is 15.8. The van der Waals surface area contributed by atoms with E-state index in [1.165, 1.54) is 28.8 Å². The second-order valence-electron chi connectivity index (χ2n) is 6.35. The normalized spacial score (nSPS) is 9.85. The van der Waals surface area contributed by atoms with Crippen LogP contribution < -0.4 is 0 Å². The van der Waals surface area contributed by atoms with Crippen LogP contribution in [0.3, 0.4) is 0 Å². The standard InChI is InChI=1S/C15H17N.C8H7NO2/c1-12-4-3-5-14(10-12)6-7-15-8-9-16-13(2)11-15;1-2-7-4-3-5-8(6-7)9(10)11/h3-5,8-11H,6-7H2,1-2H3;2-6H,1H2. The molecule has 2 aromatic carbocycles. The fourth-order valence-electron chi connectivity index (χ4n) is 2.68. The van der Waals surface area contributed by atoms with Gasteiger partial charge in [0.2, 0.25) is 0 Å². The summed E-state index contributed by atoms with van der Waals surface area (Å²) in [6, 6.07) is 19.3. The van der Waals surface area contributed by atoms with Crippen LogP contribution in [-0.2, 0) is 12.8 Å². The zero-order valence-corrected chi connectivity index (χ0v) is 15.8. The Morgan fingerprint density at radius 2 is 1.70 bits per heavy atom. The van der Waals surface area contributed by atoms with E-state index in [0.29, 0.717) is 0 Å². The molecule has 4 nitrogen and oxygen atoms in total. The van der Waals surface area contributed by atoms with Crippen LogP contribution in [0.5, 0.6) is 0 Å². The molecule has 0 bridgehead atoms. The van der Waals surface area contributed by atoms with Gasteiger partial charge in [0, 0.05) is 24.0 Å². The molecule has 1 aromatic heterocycles. The summed E-state index contributed by atoms with van der Waals surface area (Å²) in [6.45, 7) is 7.69. The Labute approximate surface area is 160 Å².